The summed E-state index contributed by atoms with van der Waals surface area (Å²) in [6.07, 6.45) is -4.69. The van der Waals surface area contributed by atoms with Crippen LogP contribution in [0.2, 0.25) is 5.02 Å². The molecule has 0 saturated heterocycles. The molecule has 2 aromatic carbocycles. The number of carbonyl (C=O) groups excluding carboxylic acids is 2. The monoisotopic (exact) mass is 402 g/mol. The van der Waals surface area contributed by atoms with Gasteiger partial charge in [-0.3, -0.25) is 9.59 Å². The lowest BCUT2D eigenvalue weighted by Crippen LogP contribution is -2.30. The molecule has 0 heterocycles. The van der Waals surface area contributed by atoms with Gasteiger partial charge in [-0.25, -0.2) is 0 Å². The summed E-state index contributed by atoms with van der Waals surface area (Å²) in [5, 5.41) is 4.40. The van der Waals surface area contributed by atoms with E-state index in [1.807, 2.05) is 5.32 Å². The molecule has 0 bridgehead atoms. The van der Waals surface area contributed by atoms with Crippen LogP contribution in [0.25, 0.3) is 0 Å². The molecular weight excluding hydrogens is 389 g/mol. The van der Waals surface area contributed by atoms with E-state index in [1.54, 1.807) is 0 Å². The lowest BCUT2D eigenvalue weighted by molar-refractivity contribution is -0.137. The summed E-state index contributed by atoms with van der Waals surface area (Å²) in [6.45, 7) is 0. The molecular formula is C17H14ClF3N2O4. The number of carbonyl (C=O) groups is 2. The Morgan fingerprint density at radius 1 is 0.926 bits per heavy atom. The smallest absolute Gasteiger partial charge is 0.418 e. The first-order valence-corrected chi connectivity index (χ1v) is 7.75. The van der Waals surface area contributed by atoms with Gasteiger partial charge in [0.15, 0.2) is 0 Å². The molecule has 2 N–H and O–H groups in total. The summed E-state index contributed by atoms with van der Waals surface area (Å²) >= 11 is 5.94. The summed E-state index contributed by atoms with van der Waals surface area (Å²) in [7, 11) is 2.66. The molecule has 0 fully saturated rings. The first-order chi connectivity index (χ1) is 12.7. The van der Waals surface area contributed by atoms with Crippen LogP contribution < -0.4 is 20.1 Å². The van der Waals surface area contributed by atoms with Crippen LogP contribution in [0.3, 0.4) is 0 Å². The Kier molecular flexibility index (Phi) is 6.17. The van der Waals surface area contributed by atoms with Crippen molar-refractivity contribution in [3.8, 4) is 11.5 Å². The standard InChI is InChI=1S/C17H14ClF3N2O4/c1-26-13-8-12(14(27-2)7-10(13)18)23-16(25)15(24)22-11-6-4-3-5-9(11)17(19,20)21/h3-8H,1-2H3,(H,22,24)(H,23,25). The van der Waals surface area contributed by atoms with Crippen molar-refractivity contribution in [2.45, 2.75) is 6.18 Å². The number of anilines is 2. The molecule has 0 saturated carbocycles. The minimum Gasteiger partial charge on any atom is -0.495 e. The normalized spacial score (nSPS) is 10.9. The number of amides is 2. The van der Waals surface area contributed by atoms with E-state index in [2.05, 4.69) is 5.32 Å². The molecule has 6 nitrogen and oxygen atoms in total. The summed E-state index contributed by atoms with van der Waals surface area (Å²) in [6, 6.07) is 6.97. The molecule has 0 aliphatic heterocycles. The minimum absolute atomic E-state index is 0.0583. The van der Waals surface area contributed by atoms with Gasteiger partial charge in [-0.1, -0.05) is 23.7 Å². The van der Waals surface area contributed by atoms with Crippen LogP contribution in [-0.4, -0.2) is 26.0 Å². The average Bonchev–Trinajstić information content (AvgIpc) is 2.62. The molecule has 10 heteroatoms. The number of para-hydroxylation sites is 1. The van der Waals surface area contributed by atoms with Gasteiger partial charge >= 0.3 is 18.0 Å². The Hall–Kier alpha value is -2.94. The fourth-order valence-electron chi connectivity index (χ4n) is 2.16. The van der Waals surface area contributed by atoms with E-state index < -0.39 is 29.2 Å². The van der Waals surface area contributed by atoms with Gasteiger partial charge in [0.25, 0.3) is 0 Å². The van der Waals surface area contributed by atoms with Gasteiger partial charge in [-0.05, 0) is 12.1 Å². The van der Waals surface area contributed by atoms with Crippen LogP contribution >= 0.6 is 11.6 Å². The highest BCUT2D eigenvalue weighted by Gasteiger charge is 2.34. The zero-order chi connectivity index (χ0) is 20.2. The van der Waals surface area contributed by atoms with Crippen molar-refractivity contribution in [3.05, 3.63) is 47.0 Å². The Morgan fingerprint density at radius 3 is 2.04 bits per heavy atom. The Balaban J connectivity index is 2.22. The number of methoxy groups -OCH3 is 2. The lowest BCUT2D eigenvalue weighted by atomic mass is 10.1. The number of halogens is 4. The predicted octanol–water partition coefficient (Wildman–Crippen LogP) is 3.95. The van der Waals surface area contributed by atoms with Crippen LogP contribution in [0.5, 0.6) is 11.5 Å². The number of hydrogen-bond acceptors (Lipinski definition) is 4. The zero-order valence-electron chi connectivity index (χ0n) is 14.1. The minimum atomic E-state index is -4.69. The molecule has 0 spiro atoms. The van der Waals surface area contributed by atoms with Crippen molar-refractivity contribution in [1.82, 2.24) is 0 Å². The molecule has 144 valence electrons. The molecule has 0 aliphatic carbocycles. The molecule has 0 unspecified atom stereocenters. The highest BCUT2D eigenvalue weighted by Crippen LogP contribution is 2.36. The van der Waals surface area contributed by atoms with Crippen LogP contribution in [0.15, 0.2) is 36.4 Å². The lowest BCUT2D eigenvalue weighted by Gasteiger charge is -2.15. The number of alkyl halides is 3. The number of hydrogen-bond donors (Lipinski definition) is 2. The summed E-state index contributed by atoms with van der Waals surface area (Å²) in [4.78, 5) is 24.1. The second kappa shape index (κ2) is 8.17. The summed E-state index contributed by atoms with van der Waals surface area (Å²) < 4.78 is 49.0. The third kappa shape index (κ3) is 4.82. The van der Waals surface area contributed by atoms with Crippen LogP contribution in [0.4, 0.5) is 24.5 Å². The van der Waals surface area contributed by atoms with Gasteiger partial charge in [-0.15, -0.1) is 0 Å². The van der Waals surface area contributed by atoms with Crippen LogP contribution in [-0.2, 0) is 15.8 Å². The fourth-order valence-corrected chi connectivity index (χ4v) is 2.39. The third-order valence-electron chi connectivity index (χ3n) is 3.41. The van der Waals surface area contributed by atoms with E-state index in [4.69, 9.17) is 21.1 Å². The van der Waals surface area contributed by atoms with Crippen LogP contribution in [0, 0.1) is 0 Å². The largest absolute Gasteiger partial charge is 0.495 e. The van der Waals surface area contributed by atoms with E-state index >= 15 is 0 Å². The second-order valence-electron chi connectivity index (χ2n) is 5.14. The predicted molar refractivity (Wildman–Crippen MR) is 93.3 cm³/mol. The van der Waals surface area contributed by atoms with Crippen molar-refractivity contribution in [2.75, 3.05) is 24.9 Å². The van der Waals surface area contributed by atoms with Crippen molar-refractivity contribution in [3.63, 3.8) is 0 Å². The van der Waals surface area contributed by atoms with Crippen molar-refractivity contribution in [1.29, 1.82) is 0 Å². The fraction of sp³-hybridized carbons (Fsp3) is 0.176. The summed E-state index contributed by atoms with van der Waals surface area (Å²) in [5.74, 6) is -2.15. The number of ether oxygens (including phenoxy) is 2. The topological polar surface area (TPSA) is 76.7 Å². The maximum atomic E-state index is 13.0. The second-order valence-corrected chi connectivity index (χ2v) is 5.55. The molecule has 2 aromatic rings. The molecule has 27 heavy (non-hydrogen) atoms. The first kappa shape index (κ1) is 20.4. The quantitative estimate of drug-likeness (QED) is 0.759. The molecule has 2 rings (SSSR count). The molecule has 0 atom stereocenters. The number of benzene rings is 2. The van der Waals surface area contributed by atoms with E-state index in [0.717, 1.165) is 12.1 Å². The molecule has 0 aromatic heterocycles. The molecule has 0 radical (unpaired) electrons. The Labute approximate surface area is 157 Å². The van der Waals surface area contributed by atoms with Crippen molar-refractivity contribution < 1.29 is 32.2 Å². The Morgan fingerprint density at radius 2 is 1.48 bits per heavy atom. The van der Waals surface area contributed by atoms with Gasteiger partial charge in [0, 0.05) is 12.1 Å². The van der Waals surface area contributed by atoms with Crippen molar-refractivity contribution >= 4 is 34.8 Å². The first-order valence-electron chi connectivity index (χ1n) is 7.37. The molecule has 2 amide bonds. The van der Waals surface area contributed by atoms with Gasteiger partial charge in [0.2, 0.25) is 0 Å². The summed E-state index contributed by atoms with van der Waals surface area (Å²) in [5.41, 5.74) is -1.55. The number of rotatable bonds is 4. The van der Waals surface area contributed by atoms with E-state index in [0.29, 0.717) is 0 Å². The third-order valence-corrected chi connectivity index (χ3v) is 3.70. The Bertz CT molecular complexity index is 872. The highest BCUT2D eigenvalue weighted by molar-refractivity contribution is 6.44. The maximum Gasteiger partial charge on any atom is 0.418 e. The van der Waals surface area contributed by atoms with Crippen LogP contribution in [0.1, 0.15) is 5.56 Å². The van der Waals surface area contributed by atoms with Gasteiger partial charge in [-0.2, -0.15) is 13.2 Å². The van der Waals surface area contributed by atoms with Crippen molar-refractivity contribution in [2.24, 2.45) is 0 Å². The number of nitrogens with one attached hydrogen (secondary N) is 2. The van der Waals surface area contributed by atoms with E-state index in [1.165, 1.54) is 38.5 Å². The SMILES string of the molecule is COc1cc(NC(=O)C(=O)Nc2ccccc2C(F)(F)F)c(OC)cc1Cl. The highest BCUT2D eigenvalue weighted by atomic mass is 35.5. The van der Waals surface area contributed by atoms with Gasteiger partial charge in [0.05, 0.1) is 36.2 Å². The maximum absolute atomic E-state index is 13.0. The molecule has 0 aliphatic rings. The van der Waals surface area contributed by atoms with E-state index in [-0.39, 0.29) is 22.2 Å². The zero-order valence-corrected chi connectivity index (χ0v) is 14.9. The van der Waals surface area contributed by atoms with E-state index in [9.17, 15) is 22.8 Å². The van der Waals surface area contributed by atoms with Gasteiger partial charge < -0.3 is 20.1 Å². The average molecular weight is 403 g/mol. The van der Waals surface area contributed by atoms with Gasteiger partial charge in [0.1, 0.15) is 11.5 Å².